The van der Waals surface area contributed by atoms with Crippen molar-refractivity contribution in [1.29, 1.82) is 5.26 Å². The van der Waals surface area contributed by atoms with Gasteiger partial charge in [0.2, 0.25) is 0 Å². The van der Waals surface area contributed by atoms with E-state index in [0.717, 1.165) is 12.1 Å². The standard InChI is InChI=1S/C19H16F2N2O5S/c1-2-29(26,27)15-7-8-17(24)16(10-15)23-18(25)13(11-22)9-12-3-5-14(6-4-12)28-19(20)21/h3-10,19,24H,2H2,1H3,(H,23,25)/b13-9+. The number of hydrogen-bond donors (Lipinski definition) is 2. The van der Waals surface area contributed by atoms with E-state index in [0.29, 0.717) is 5.56 Å². The van der Waals surface area contributed by atoms with Gasteiger partial charge in [-0.15, -0.1) is 0 Å². The molecule has 2 N–H and O–H groups in total. The Kier molecular flexibility index (Phi) is 6.90. The van der Waals surface area contributed by atoms with Crippen molar-refractivity contribution in [1.82, 2.24) is 0 Å². The molecule has 0 aliphatic carbocycles. The van der Waals surface area contributed by atoms with Crippen LogP contribution in [0, 0.1) is 11.3 Å². The van der Waals surface area contributed by atoms with Gasteiger partial charge in [-0.25, -0.2) is 8.42 Å². The number of rotatable bonds is 7. The van der Waals surface area contributed by atoms with Gasteiger partial charge in [0.1, 0.15) is 23.1 Å². The molecule has 0 spiro atoms. The molecule has 0 fully saturated rings. The van der Waals surface area contributed by atoms with Gasteiger partial charge in [0.15, 0.2) is 9.84 Å². The molecule has 10 heteroatoms. The summed E-state index contributed by atoms with van der Waals surface area (Å²) in [6, 6.07) is 10.3. The zero-order valence-electron chi connectivity index (χ0n) is 15.1. The van der Waals surface area contributed by atoms with Crippen molar-refractivity contribution in [3.8, 4) is 17.6 Å². The smallest absolute Gasteiger partial charge is 0.387 e. The minimum Gasteiger partial charge on any atom is -0.506 e. The highest BCUT2D eigenvalue weighted by molar-refractivity contribution is 7.91. The predicted octanol–water partition coefficient (Wildman–Crippen LogP) is 3.33. The molecule has 7 nitrogen and oxygen atoms in total. The number of carbonyl (C=O) groups excluding carboxylic acids is 1. The third-order valence-electron chi connectivity index (χ3n) is 3.74. The van der Waals surface area contributed by atoms with Gasteiger partial charge in [-0.05, 0) is 42.0 Å². The second-order valence-corrected chi connectivity index (χ2v) is 7.93. The highest BCUT2D eigenvalue weighted by atomic mass is 32.2. The number of anilines is 1. The van der Waals surface area contributed by atoms with Crippen LogP contribution in [0.25, 0.3) is 6.08 Å². The van der Waals surface area contributed by atoms with Gasteiger partial charge in [0, 0.05) is 0 Å². The number of phenolic OH excluding ortho intramolecular Hbond substituents is 1. The van der Waals surface area contributed by atoms with Crippen LogP contribution in [-0.2, 0) is 14.6 Å². The zero-order valence-corrected chi connectivity index (χ0v) is 15.9. The summed E-state index contributed by atoms with van der Waals surface area (Å²) < 4.78 is 52.5. The number of nitriles is 1. The minimum atomic E-state index is -3.57. The second-order valence-electron chi connectivity index (χ2n) is 5.65. The molecule has 0 aliphatic rings. The Morgan fingerprint density at radius 2 is 1.93 bits per heavy atom. The van der Waals surface area contributed by atoms with Crippen LogP contribution in [0.1, 0.15) is 12.5 Å². The zero-order chi connectivity index (χ0) is 21.6. The molecule has 0 saturated heterocycles. The quantitative estimate of drug-likeness (QED) is 0.402. The molecule has 29 heavy (non-hydrogen) atoms. The van der Waals surface area contributed by atoms with Gasteiger partial charge in [0.05, 0.1) is 16.3 Å². The maximum atomic E-state index is 12.4. The van der Waals surface area contributed by atoms with Gasteiger partial charge >= 0.3 is 6.61 Å². The first kappa shape index (κ1) is 21.8. The van der Waals surface area contributed by atoms with Crippen LogP contribution >= 0.6 is 0 Å². The summed E-state index contributed by atoms with van der Waals surface area (Å²) in [7, 11) is -3.57. The van der Waals surface area contributed by atoms with Gasteiger partial charge < -0.3 is 15.2 Å². The number of carbonyl (C=O) groups is 1. The molecule has 0 saturated carbocycles. The molecular formula is C19H16F2N2O5S. The molecule has 0 unspecified atom stereocenters. The lowest BCUT2D eigenvalue weighted by Gasteiger charge is -2.09. The lowest BCUT2D eigenvalue weighted by Crippen LogP contribution is -2.14. The number of ether oxygens (including phenoxy) is 1. The number of nitrogens with one attached hydrogen (secondary N) is 1. The van der Waals surface area contributed by atoms with Crippen molar-refractivity contribution in [2.75, 3.05) is 11.1 Å². The predicted molar refractivity (Wildman–Crippen MR) is 101 cm³/mol. The van der Waals surface area contributed by atoms with Crippen LogP contribution in [0.15, 0.2) is 52.9 Å². The molecule has 0 atom stereocenters. The first-order valence-electron chi connectivity index (χ1n) is 8.20. The Labute approximate surface area is 165 Å². The Bertz CT molecular complexity index is 1070. The average molecular weight is 422 g/mol. The summed E-state index contributed by atoms with van der Waals surface area (Å²) in [5, 5.41) is 21.4. The molecule has 0 bridgehead atoms. The van der Waals surface area contributed by atoms with E-state index in [1.165, 1.54) is 43.3 Å². The Morgan fingerprint density at radius 3 is 2.48 bits per heavy atom. The summed E-state index contributed by atoms with van der Waals surface area (Å²) in [5.41, 5.74) is -0.160. The number of nitrogens with zero attached hydrogens (tertiary/aromatic N) is 1. The van der Waals surface area contributed by atoms with E-state index in [1.54, 1.807) is 6.07 Å². The molecule has 1 amide bonds. The van der Waals surface area contributed by atoms with E-state index in [4.69, 9.17) is 0 Å². The summed E-state index contributed by atoms with van der Waals surface area (Å²) in [4.78, 5) is 12.3. The highest BCUT2D eigenvalue weighted by Crippen LogP contribution is 2.27. The van der Waals surface area contributed by atoms with Gasteiger partial charge in [-0.3, -0.25) is 4.79 Å². The van der Waals surface area contributed by atoms with E-state index in [-0.39, 0.29) is 33.4 Å². The van der Waals surface area contributed by atoms with Gasteiger partial charge in [-0.1, -0.05) is 19.1 Å². The largest absolute Gasteiger partial charge is 0.506 e. The molecule has 0 heterocycles. The molecule has 2 aromatic rings. The second kappa shape index (κ2) is 9.16. The van der Waals surface area contributed by atoms with Crippen molar-refractivity contribution >= 4 is 27.5 Å². The molecule has 2 aromatic carbocycles. The fraction of sp³-hybridized carbons (Fsp3) is 0.158. The Balaban J connectivity index is 2.25. The molecule has 0 aliphatic heterocycles. The normalized spacial score (nSPS) is 11.8. The van der Waals surface area contributed by atoms with E-state index < -0.39 is 22.4 Å². The fourth-order valence-corrected chi connectivity index (χ4v) is 3.13. The maximum absolute atomic E-state index is 12.4. The van der Waals surface area contributed by atoms with Crippen molar-refractivity contribution < 1.29 is 31.8 Å². The number of hydrogen-bond acceptors (Lipinski definition) is 6. The molecule has 2 rings (SSSR count). The van der Waals surface area contributed by atoms with Gasteiger partial charge in [0.25, 0.3) is 5.91 Å². The van der Waals surface area contributed by atoms with Crippen molar-refractivity contribution in [3.05, 3.63) is 53.6 Å². The lowest BCUT2D eigenvalue weighted by atomic mass is 10.1. The number of benzene rings is 2. The van der Waals surface area contributed by atoms with Crippen LogP contribution in [0.4, 0.5) is 14.5 Å². The fourth-order valence-electron chi connectivity index (χ4n) is 2.23. The average Bonchev–Trinajstić information content (AvgIpc) is 2.68. The van der Waals surface area contributed by atoms with Crippen molar-refractivity contribution in [2.24, 2.45) is 0 Å². The third kappa shape index (κ3) is 5.76. The third-order valence-corrected chi connectivity index (χ3v) is 5.47. The number of phenols is 1. The van der Waals surface area contributed by atoms with E-state index in [2.05, 4.69) is 10.1 Å². The molecule has 0 radical (unpaired) electrons. The van der Waals surface area contributed by atoms with E-state index >= 15 is 0 Å². The number of amides is 1. The topological polar surface area (TPSA) is 116 Å². The number of alkyl halides is 2. The highest BCUT2D eigenvalue weighted by Gasteiger charge is 2.17. The Hall–Kier alpha value is -3.45. The monoisotopic (exact) mass is 422 g/mol. The number of halogens is 2. The number of sulfone groups is 1. The summed E-state index contributed by atoms with van der Waals surface area (Å²) >= 11 is 0. The van der Waals surface area contributed by atoms with Crippen LogP contribution in [-0.4, -0.2) is 31.8 Å². The first-order valence-corrected chi connectivity index (χ1v) is 9.85. The summed E-state index contributed by atoms with van der Waals surface area (Å²) in [6.07, 6.45) is 1.20. The molecular weight excluding hydrogens is 406 g/mol. The van der Waals surface area contributed by atoms with Crippen molar-refractivity contribution in [3.63, 3.8) is 0 Å². The lowest BCUT2D eigenvalue weighted by molar-refractivity contribution is -0.112. The van der Waals surface area contributed by atoms with Crippen LogP contribution in [0.3, 0.4) is 0 Å². The maximum Gasteiger partial charge on any atom is 0.387 e. The van der Waals surface area contributed by atoms with E-state index in [1.807, 2.05) is 0 Å². The molecule has 152 valence electrons. The first-order chi connectivity index (χ1) is 13.7. The van der Waals surface area contributed by atoms with Gasteiger partial charge in [-0.2, -0.15) is 14.0 Å². The Morgan fingerprint density at radius 1 is 1.28 bits per heavy atom. The van der Waals surface area contributed by atoms with Crippen LogP contribution in [0.2, 0.25) is 0 Å². The summed E-state index contributed by atoms with van der Waals surface area (Å²) in [6.45, 7) is -1.52. The SMILES string of the molecule is CCS(=O)(=O)c1ccc(O)c(NC(=O)/C(C#N)=C/c2ccc(OC(F)F)cc2)c1. The van der Waals surface area contributed by atoms with Crippen LogP contribution < -0.4 is 10.1 Å². The number of aromatic hydroxyl groups is 1. The molecule has 0 aromatic heterocycles. The van der Waals surface area contributed by atoms with Crippen LogP contribution in [0.5, 0.6) is 11.5 Å². The van der Waals surface area contributed by atoms with E-state index in [9.17, 15) is 32.4 Å². The van der Waals surface area contributed by atoms with Crippen molar-refractivity contribution in [2.45, 2.75) is 18.4 Å². The summed E-state index contributed by atoms with van der Waals surface area (Å²) in [5.74, 6) is -1.51. The minimum absolute atomic E-state index is 0.0843.